The minimum absolute atomic E-state index is 0.140. The first-order valence-electron chi connectivity index (χ1n) is 10.6. The third-order valence-electron chi connectivity index (χ3n) is 6.18. The largest absolute Gasteiger partial charge is 0.505 e. The average Bonchev–Trinajstić information content (AvgIpc) is 2.81. The zero-order valence-electron chi connectivity index (χ0n) is 17.5. The van der Waals surface area contributed by atoms with Crippen LogP contribution in [0, 0.1) is 35.0 Å². The molecule has 3 aromatic carbocycles. The monoisotopic (exact) mass is 460 g/mol. The van der Waals surface area contributed by atoms with Crippen molar-refractivity contribution < 1.29 is 32.2 Å². The molecule has 3 aromatic rings. The SMILES string of the molecule is Oc1ccc(C2=CCC(CCc3ccc(-c4ccc(O)c(F)c4F)cc3F)CC2)c(F)c1F. The summed E-state index contributed by atoms with van der Waals surface area (Å²) < 4.78 is 70.0. The van der Waals surface area contributed by atoms with Gasteiger partial charge in [-0.25, -0.2) is 13.2 Å². The summed E-state index contributed by atoms with van der Waals surface area (Å²) in [4.78, 5) is 0. The summed E-state index contributed by atoms with van der Waals surface area (Å²) in [5.41, 5.74) is 1.30. The summed E-state index contributed by atoms with van der Waals surface area (Å²) in [6.07, 6.45) is 4.87. The molecule has 0 spiro atoms. The van der Waals surface area contributed by atoms with Gasteiger partial charge >= 0.3 is 0 Å². The summed E-state index contributed by atoms with van der Waals surface area (Å²) in [6.45, 7) is 0. The highest BCUT2D eigenvalue weighted by Crippen LogP contribution is 2.36. The number of phenolic OH excluding ortho intramolecular Hbond substituents is 2. The van der Waals surface area contributed by atoms with Crippen LogP contribution >= 0.6 is 0 Å². The van der Waals surface area contributed by atoms with E-state index in [1.807, 2.05) is 6.08 Å². The number of aromatic hydroxyl groups is 2. The maximum Gasteiger partial charge on any atom is 0.200 e. The molecule has 0 saturated heterocycles. The quantitative estimate of drug-likeness (QED) is 0.393. The van der Waals surface area contributed by atoms with Crippen molar-refractivity contribution in [3.63, 3.8) is 0 Å². The van der Waals surface area contributed by atoms with Crippen molar-refractivity contribution in [2.75, 3.05) is 0 Å². The van der Waals surface area contributed by atoms with E-state index in [1.165, 1.54) is 24.3 Å². The minimum atomic E-state index is -1.38. The van der Waals surface area contributed by atoms with Gasteiger partial charge in [-0.05, 0) is 85.1 Å². The van der Waals surface area contributed by atoms with Crippen LogP contribution in [0.3, 0.4) is 0 Å². The van der Waals surface area contributed by atoms with Crippen LogP contribution in [-0.2, 0) is 6.42 Å². The Hall–Kier alpha value is -3.35. The first kappa shape index (κ1) is 22.8. The number of hydrogen-bond donors (Lipinski definition) is 2. The molecule has 0 amide bonds. The molecule has 0 aliphatic heterocycles. The lowest BCUT2D eigenvalue weighted by atomic mass is 9.83. The number of halogens is 5. The number of benzene rings is 3. The van der Waals surface area contributed by atoms with Gasteiger partial charge in [0.05, 0.1) is 0 Å². The van der Waals surface area contributed by atoms with Crippen molar-refractivity contribution in [2.24, 2.45) is 5.92 Å². The van der Waals surface area contributed by atoms with Gasteiger partial charge in [0.15, 0.2) is 23.1 Å². The summed E-state index contributed by atoms with van der Waals surface area (Å²) in [6, 6.07) is 8.89. The van der Waals surface area contributed by atoms with E-state index in [2.05, 4.69) is 0 Å². The maximum absolute atomic E-state index is 14.6. The molecule has 4 rings (SSSR count). The number of allylic oxidation sites excluding steroid dienone is 2. The van der Waals surface area contributed by atoms with Gasteiger partial charge in [-0.15, -0.1) is 0 Å². The molecule has 33 heavy (non-hydrogen) atoms. The van der Waals surface area contributed by atoms with Crippen LogP contribution in [0.25, 0.3) is 16.7 Å². The van der Waals surface area contributed by atoms with Crippen molar-refractivity contribution in [1.29, 1.82) is 0 Å². The average molecular weight is 460 g/mol. The zero-order chi connectivity index (χ0) is 23.7. The van der Waals surface area contributed by atoms with E-state index >= 15 is 0 Å². The van der Waals surface area contributed by atoms with Gasteiger partial charge in [0.1, 0.15) is 5.82 Å². The van der Waals surface area contributed by atoms with Crippen LogP contribution in [0.2, 0.25) is 0 Å². The Morgan fingerprint density at radius 2 is 1.39 bits per heavy atom. The lowest BCUT2D eigenvalue weighted by molar-refractivity contribution is 0.405. The number of hydrogen-bond acceptors (Lipinski definition) is 2. The van der Waals surface area contributed by atoms with Crippen LogP contribution in [0.1, 0.15) is 36.8 Å². The summed E-state index contributed by atoms with van der Waals surface area (Å²) in [7, 11) is 0. The number of phenols is 2. The highest BCUT2D eigenvalue weighted by Gasteiger charge is 2.21. The van der Waals surface area contributed by atoms with Crippen LogP contribution in [0.5, 0.6) is 11.5 Å². The first-order chi connectivity index (χ1) is 15.8. The third-order valence-corrected chi connectivity index (χ3v) is 6.18. The lowest BCUT2D eigenvalue weighted by Crippen LogP contribution is -2.08. The third kappa shape index (κ3) is 4.58. The Morgan fingerprint density at radius 3 is 2.00 bits per heavy atom. The Balaban J connectivity index is 1.41. The predicted octanol–water partition coefficient (Wildman–Crippen LogP) is 7.28. The molecular formula is C26H21F5O2. The van der Waals surface area contributed by atoms with Gasteiger partial charge < -0.3 is 10.2 Å². The molecule has 0 saturated carbocycles. The smallest absolute Gasteiger partial charge is 0.200 e. The topological polar surface area (TPSA) is 40.5 Å². The van der Waals surface area contributed by atoms with E-state index in [-0.39, 0.29) is 22.6 Å². The van der Waals surface area contributed by atoms with Gasteiger partial charge in [-0.1, -0.05) is 18.2 Å². The van der Waals surface area contributed by atoms with Gasteiger partial charge in [-0.2, -0.15) is 8.78 Å². The molecule has 0 aromatic heterocycles. The van der Waals surface area contributed by atoms with Crippen LogP contribution < -0.4 is 0 Å². The molecule has 0 heterocycles. The Bertz CT molecular complexity index is 1240. The van der Waals surface area contributed by atoms with Gasteiger partial charge in [0.25, 0.3) is 0 Å². The van der Waals surface area contributed by atoms with Crippen molar-refractivity contribution in [1.82, 2.24) is 0 Å². The molecule has 2 N–H and O–H groups in total. The number of rotatable bonds is 5. The minimum Gasteiger partial charge on any atom is -0.505 e. The standard InChI is InChI=1S/C26H21F5O2/c27-20-13-17(19-10-12-22(33)26(31)24(19)29)8-7-16(20)6-3-14-1-4-15(5-2-14)18-9-11-21(32)25(30)23(18)28/h4,7-14,32-33H,1-3,5-6H2. The highest BCUT2D eigenvalue weighted by molar-refractivity contribution is 5.68. The van der Waals surface area contributed by atoms with E-state index in [4.69, 9.17) is 0 Å². The molecule has 0 radical (unpaired) electrons. The maximum atomic E-state index is 14.6. The summed E-state index contributed by atoms with van der Waals surface area (Å²) in [5, 5.41) is 18.5. The summed E-state index contributed by atoms with van der Waals surface area (Å²) >= 11 is 0. The fourth-order valence-electron chi connectivity index (χ4n) is 4.22. The molecule has 2 nitrogen and oxygen atoms in total. The molecule has 172 valence electrons. The van der Waals surface area contributed by atoms with Crippen molar-refractivity contribution >= 4 is 5.57 Å². The molecule has 0 fully saturated rings. The van der Waals surface area contributed by atoms with Crippen molar-refractivity contribution in [3.8, 4) is 22.6 Å². The molecule has 1 atom stereocenters. The second kappa shape index (κ2) is 9.25. The molecule has 7 heteroatoms. The van der Waals surface area contributed by atoms with Crippen LogP contribution in [0.15, 0.2) is 48.5 Å². The number of aryl methyl sites for hydroxylation is 1. The predicted molar refractivity (Wildman–Crippen MR) is 115 cm³/mol. The van der Waals surface area contributed by atoms with E-state index in [0.717, 1.165) is 24.6 Å². The Labute approximate surface area is 187 Å². The molecule has 1 unspecified atom stereocenters. The van der Waals surface area contributed by atoms with E-state index in [1.54, 1.807) is 0 Å². The van der Waals surface area contributed by atoms with E-state index in [0.29, 0.717) is 36.8 Å². The normalized spacial score (nSPS) is 16.0. The molecule has 0 bridgehead atoms. The molecular weight excluding hydrogens is 439 g/mol. The fourth-order valence-corrected chi connectivity index (χ4v) is 4.22. The second-order valence-corrected chi connectivity index (χ2v) is 8.24. The van der Waals surface area contributed by atoms with Crippen molar-refractivity contribution in [3.05, 3.63) is 88.8 Å². The zero-order valence-corrected chi connectivity index (χ0v) is 17.5. The van der Waals surface area contributed by atoms with Crippen LogP contribution in [-0.4, -0.2) is 10.2 Å². The second-order valence-electron chi connectivity index (χ2n) is 8.24. The van der Waals surface area contributed by atoms with Gasteiger partial charge in [0, 0.05) is 11.1 Å². The Kier molecular flexibility index (Phi) is 6.40. The lowest BCUT2D eigenvalue weighted by Gasteiger charge is -2.22. The van der Waals surface area contributed by atoms with Crippen LogP contribution in [0.4, 0.5) is 22.0 Å². The fraction of sp³-hybridized carbons (Fsp3) is 0.231. The van der Waals surface area contributed by atoms with Crippen molar-refractivity contribution in [2.45, 2.75) is 32.1 Å². The van der Waals surface area contributed by atoms with E-state index in [9.17, 15) is 32.2 Å². The highest BCUT2D eigenvalue weighted by atomic mass is 19.2. The molecule has 1 aliphatic rings. The van der Waals surface area contributed by atoms with Gasteiger partial charge in [-0.3, -0.25) is 0 Å². The molecule has 1 aliphatic carbocycles. The Morgan fingerprint density at radius 1 is 0.758 bits per heavy atom. The van der Waals surface area contributed by atoms with E-state index < -0.39 is 40.6 Å². The van der Waals surface area contributed by atoms with Gasteiger partial charge in [0.2, 0.25) is 11.6 Å². The summed E-state index contributed by atoms with van der Waals surface area (Å²) in [5.74, 6) is -6.77. The first-order valence-corrected chi connectivity index (χ1v) is 10.6.